The van der Waals surface area contributed by atoms with Crippen molar-refractivity contribution in [3.8, 4) is 0 Å². The Hall–Kier alpha value is -2.63. The second-order valence-corrected chi connectivity index (χ2v) is 6.40. The minimum absolute atomic E-state index is 0.187. The molecule has 1 heterocycles. The molecule has 3 rings (SSSR count). The molecular weight excluding hydrogens is 334 g/mol. The summed E-state index contributed by atoms with van der Waals surface area (Å²) in [6.45, 7) is 2.13. The number of hydrogen-bond acceptors (Lipinski definition) is 2. The van der Waals surface area contributed by atoms with Gasteiger partial charge in [-0.2, -0.15) is 0 Å². The van der Waals surface area contributed by atoms with Gasteiger partial charge in [0.2, 0.25) is 0 Å². The molecule has 6 heteroatoms. The Morgan fingerprint density at radius 2 is 1.85 bits per heavy atom. The Kier molecular flexibility index (Phi) is 6.04. The number of rotatable bonds is 4. The number of aliphatic imine (C=N–C) groups is 1. The number of para-hydroxylation sites is 1. The van der Waals surface area contributed by atoms with E-state index in [1.54, 1.807) is 7.05 Å². The highest BCUT2D eigenvalue weighted by Gasteiger charge is 2.20. The summed E-state index contributed by atoms with van der Waals surface area (Å²) in [5.74, 6) is -0.267. The number of nitrogens with zero attached hydrogens (tertiary/aromatic N) is 2. The van der Waals surface area contributed by atoms with Crippen molar-refractivity contribution in [3.63, 3.8) is 0 Å². The van der Waals surface area contributed by atoms with Gasteiger partial charge in [-0.15, -0.1) is 0 Å². The molecule has 2 aromatic rings. The molecule has 1 aliphatic heterocycles. The van der Waals surface area contributed by atoms with Gasteiger partial charge in [0, 0.05) is 44.0 Å². The van der Waals surface area contributed by atoms with Crippen molar-refractivity contribution in [3.05, 3.63) is 65.7 Å². The molecule has 2 N–H and O–H groups in total. The molecule has 26 heavy (non-hydrogen) atoms. The van der Waals surface area contributed by atoms with Crippen LogP contribution in [0.3, 0.4) is 0 Å². The molecule has 1 saturated heterocycles. The van der Waals surface area contributed by atoms with E-state index in [2.05, 4.69) is 44.8 Å². The molecule has 138 valence electrons. The maximum atomic E-state index is 13.7. The molecule has 0 atom stereocenters. The Balaban J connectivity index is 1.49. The number of hydrogen-bond donors (Lipinski definition) is 2. The summed E-state index contributed by atoms with van der Waals surface area (Å²) in [6.07, 6.45) is 1.98. The molecular formula is C20H24F2N4. The fraction of sp³-hybridized carbons (Fsp3) is 0.350. The molecule has 0 unspecified atom stereocenters. The van der Waals surface area contributed by atoms with E-state index >= 15 is 0 Å². The van der Waals surface area contributed by atoms with Crippen LogP contribution in [0.4, 0.5) is 14.5 Å². The lowest BCUT2D eigenvalue weighted by Crippen LogP contribution is -2.48. The molecule has 0 saturated carbocycles. The summed E-state index contributed by atoms with van der Waals surface area (Å²) in [4.78, 5) is 6.56. The molecule has 0 aliphatic carbocycles. The van der Waals surface area contributed by atoms with Crippen LogP contribution in [0, 0.1) is 11.6 Å². The van der Waals surface area contributed by atoms with Gasteiger partial charge in [-0.3, -0.25) is 4.99 Å². The number of anilines is 1. The lowest BCUT2D eigenvalue weighted by Gasteiger charge is -2.34. The van der Waals surface area contributed by atoms with Gasteiger partial charge in [0.15, 0.2) is 5.96 Å². The van der Waals surface area contributed by atoms with Gasteiger partial charge in [-0.1, -0.05) is 18.2 Å². The molecule has 0 bridgehead atoms. The maximum absolute atomic E-state index is 13.7. The van der Waals surface area contributed by atoms with E-state index < -0.39 is 11.6 Å². The van der Waals surface area contributed by atoms with Crippen LogP contribution in [0.5, 0.6) is 0 Å². The molecule has 0 radical (unpaired) electrons. The summed E-state index contributed by atoms with van der Waals surface area (Å²) < 4.78 is 27.0. The molecule has 1 fully saturated rings. The third kappa shape index (κ3) is 4.71. The van der Waals surface area contributed by atoms with Crippen LogP contribution in [0.25, 0.3) is 0 Å². The zero-order valence-corrected chi connectivity index (χ0v) is 14.9. The first-order chi connectivity index (χ1) is 12.7. The number of piperidine rings is 1. The molecule has 0 spiro atoms. The Labute approximate surface area is 152 Å². The van der Waals surface area contributed by atoms with E-state index in [-0.39, 0.29) is 12.1 Å². The van der Waals surface area contributed by atoms with E-state index in [4.69, 9.17) is 0 Å². The Bertz CT molecular complexity index is 741. The van der Waals surface area contributed by atoms with Gasteiger partial charge in [0.05, 0.1) is 0 Å². The van der Waals surface area contributed by atoms with Crippen LogP contribution in [0.1, 0.15) is 18.4 Å². The smallest absolute Gasteiger partial charge is 0.191 e. The first kappa shape index (κ1) is 18.2. The predicted molar refractivity (Wildman–Crippen MR) is 101 cm³/mol. The van der Waals surface area contributed by atoms with Crippen LogP contribution >= 0.6 is 0 Å². The number of nitrogens with one attached hydrogen (secondary N) is 2. The van der Waals surface area contributed by atoms with Crippen LogP contribution in [-0.2, 0) is 6.54 Å². The zero-order valence-electron chi connectivity index (χ0n) is 14.9. The molecule has 2 aromatic carbocycles. The van der Waals surface area contributed by atoms with Gasteiger partial charge in [0.1, 0.15) is 11.6 Å². The SMILES string of the molecule is CN=C(NCc1cc(F)ccc1F)NC1CCN(c2ccccc2)CC1. The first-order valence-corrected chi connectivity index (χ1v) is 8.87. The van der Waals surface area contributed by atoms with Crippen LogP contribution < -0.4 is 15.5 Å². The summed E-state index contributed by atoms with van der Waals surface area (Å²) >= 11 is 0. The average molecular weight is 358 g/mol. The van der Waals surface area contributed by atoms with Crippen molar-refractivity contribution in [2.24, 2.45) is 4.99 Å². The van der Waals surface area contributed by atoms with Crippen molar-refractivity contribution in [2.75, 3.05) is 25.0 Å². The second-order valence-electron chi connectivity index (χ2n) is 6.40. The highest BCUT2D eigenvalue weighted by atomic mass is 19.1. The maximum Gasteiger partial charge on any atom is 0.191 e. The number of halogens is 2. The lowest BCUT2D eigenvalue weighted by molar-refractivity contribution is 0.461. The highest BCUT2D eigenvalue weighted by molar-refractivity contribution is 5.80. The van der Waals surface area contributed by atoms with Gasteiger partial charge >= 0.3 is 0 Å². The molecule has 4 nitrogen and oxygen atoms in total. The van der Waals surface area contributed by atoms with Crippen LogP contribution in [0.2, 0.25) is 0 Å². The van der Waals surface area contributed by atoms with E-state index in [9.17, 15) is 8.78 Å². The summed E-state index contributed by atoms with van der Waals surface area (Å²) in [6, 6.07) is 14.1. The van der Waals surface area contributed by atoms with E-state index in [0.29, 0.717) is 12.0 Å². The predicted octanol–water partition coefficient (Wildman–Crippen LogP) is 3.30. The first-order valence-electron chi connectivity index (χ1n) is 8.87. The second kappa shape index (κ2) is 8.65. The number of guanidine groups is 1. The zero-order chi connectivity index (χ0) is 18.4. The summed E-state index contributed by atoms with van der Waals surface area (Å²) in [7, 11) is 1.68. The van der Waals surface area contributed by atoms with Gasteiger partial charge in [-0.25, -0.2) is 8.78 Å². The van der Waals surface area contributed by atoms with Crippen molar-refractivity contribution in [2.45, 2.75) is 25.4 Å². The lowest BCUT2D eigenvalue weighted by atomic mass is 10.0. The highest BCUT2D eigenvalue weighted by Crippen LogP contribution is 2.19. The van der Waals surface area contributed by atoms with Gasteiger partial charge in [0.25, 0.3) is 0 Å². The van der Waals surface area contributed by atoms with Crippen molar-refractivity contribution in [1.82, 2.24) is 10.6 Å². The Morgan fingerprint density at radius 1 is 1.12 bits per heavy atom. The van der Waals surface area contributed by atoms with Crippen molar-refractivity contribution < 1.29 is 8.78 Å². The summed E-state index contributed by atoms with van der Waals surface area (Å²) in [5, 5.41) is 6.44. The van der Waals surface area contributed by atoms with Gasteiger partial charge < -0.3 is 15.5 Å². The van der Waals surface area contributed by atoms with E-state index in [1.807, 2.05) is 6.07 Å². The quantitative estimate of drug-likeness (QED) is 0.651. The van der Waals surface area contributed by atoms with Crippen molar-refractivity contribution >= 4 is 11.6 Å². The van der Waals surface area contributed by atoms with Crippen molar-refractivity contribution in [1.29, 1.82) is 0 Å². The van der Waals surface area contributed by atoms with Crippen LogP contribution in [0.15, 0.2) is 53.5 Å². The minimum Gasteiger partial charge on any atom is -0.371 e. The molecule has 1 aliphatic rings. The van der Waals surface area contributed by atoms with E-state index in [0.717, 1.165) is 38.1 Å². The average Bonchev–Trinajstić information content (AvgIpc) is 2.68. The minimum atomic E-state index is -0.445. The normalized spacial score (nSPS) is 15.8. The monoisotopic (exact) mass is 358 g/mol. The molecule has 0 aromatic heterocycles. The van der Waals surface area contributed by atoms with Crippen LogP contribution in [-0.4, -0.2) is 32.1 Å². The number of benzene rings is 2. The topological polar surface area (TPSA) is 39.7 Å². The largest absolute Gasteiger partial charge is 0.371 e. The fourth-order valence-corrected chi connectivity index (χ4v) is 3.17. The Morgan fingerprint density at radius 3 is 2.54 bits per heavy atom. The van der Waals surface area contributed by atoms with Gasteiger partial charge in [-0.05, 0) is 43.2 Å². The van der Waals surface area contributed by atoms with E-state index in [1.165, 1.54) is 11.8 Å². The third-order valence-corrected chi connectivity index (χ3v) is 4.63. The third-order valence-electron chi connectivity index (χ3n) is 4.63. The summed E-state index contributed by atoms with van der Waals surface area (Å²) in [5.41, 5.74) is 1.53. The molecule has 0 amide bonds. The standard InChI is InChI=1S/C20H24F2N4/c1-23-20(24-14-15-13-16(21)7-8-19(15)22)25-17-9-11-26(12-10-17)18-5-3-2-4-6-18/h2-8,13,17H,9-12,14H2,1H3,(H2,23,24,25). The fourth-order valence-electron chi connectivity index (χ4n) is 3.17.